The topological polar surface area (TPSA) is 63.6 Å². The molecule has 1 aromatic rings. The van der Waals surface area contributed by atoms with E-state index in [-0.39, 0.29) is 6.42 Å². The van der Waals surface area contributed by atoms with Crippen LogP contribution in [-0.4, -0.2) is 24.2 Å². The van der Waals surface area contributed by atoms with Gasteiger partial charge in [-0.05, 0) is 25.5 Å². The van der Waals surface area contributed by atoms with Crippen molar-refractivity contribution in [3.63, 3.8) is 0 Å². The van der Waals surface area contributed by atoms with Crippen LogP contribution in [0.15, 0.2) is 12.1 Å². The lowest BCUT2D eigenvalue weighted by molar-refractivity contribution is -0.165. The molecule has 1 rings (SSSR count). The quantitative estimate of drug-likeness (QED) is 0.647. The Morgan fingerprint density at radius 1 is 1.41 bits per heavy atom. The van der Waals surface area contributed by atoms with Crippen LogP contribution in [-0.2, 0) is 27.2 Å². The predicted molar refractivity (Wildman–Crippen MR) is 65.2 cm³/mol. The number of rotatable bonds is 5. The number of hydrogen-bond donors (Lipinski definition) is 1. The van der Waals surface area contributed by atoms with Crippen molar-refractivity contribution in [2.45, 2.75) is 26.7 Å². The van der Waals surface area contributed by atoms with Crippen molar-refractivity contribution in [1.82, 2.24) is 0 Å². The van der Waals surface area contributed by atoms with Crippen LogP contribution in [0.3, 0.4) is 0 Å². The van der Waals surface area contributed by atoms with Gasteiger partial charge in [0.25, 0.3) is 0 Å². The second kappa shape index (κ2) is 5.31. The number of carboxylic acids is 1. The molecule has 1 unspecified atom stereocenters. The molecule has 0 bridgehead atoms. The van der Waals surface area contributed by atoms with E-state index in [0.717, 1.165) is 11.3 Å². The summed E-state index contributed by atoms with van der Waals surface area (Å²) in [6.45, 7) is 3.43. The summed E-state index contributed by atoms with van der Waals surface area (Å²) in [5, 5.41) is 9.16. The highest BCUT2D eigenvalue weighted by Gasteiger charge is 2.43. The minimum Gasteiger partial charge on any atom is -0.480 e. The third-order valence-electron chi connectivity index (χ3n) is 2.70. The number of ether oxygens (including phenoxy) is 1. The van der Waals surface area contributed by atoms with E-state index in [0.29, 0.717) is 0 Å². The van der Waals surface area contributed by atoms with Gasteiger partial charge in [0.05, 0.1) is 7.11 Å². The van der Waals surface area contributed by atoms with Crippen LogP contribution >= 0.6 is 11.3 Å². The van der Waals surface area contributed by atoms with E-state index in [9.17, 15) is 9.59 Å². The molecule has 0 aliphatic rings. The fraction of sp³-hybridized carbons (Fsp3) is 0.500. The van der Waals surface area contributed by atoms with Crippen LogP contribution in [0.4, 0.5) is 0 Å². The Morgan fingerprint density at radius 2 is 2.00 bits per heavy atom. The number of carbonyl (C=O) groups is 2. The smallest absolute Gasteiger partial charge is 0.323 e. The molecule has 0 amide bonds. The summed E-state index contributed by atoms with van der Waals surface area (Å²) in [5.74, 6) is -1.87. The average Bonchev–Trinajstić information content (AvgIpc) is 2.75. The van der Waals surface area contributed by atoms with Crippen molar-refractivity contribution in [3.8, 4) is 0 Å². The Morgan fingerprint density at radius 3 is 2.41 bits per heavy atom. The Hall–Kier alpha value is -1.36. The molecule has 1 aromatic heterocycles. The highest BCUT2D eigenvalue weighted by Crippen LogP contribution is 2.28. The van der Waals surface area contributed by atoms with Crippen molar-refractivity contribution < 1.29 is 19.4 Å². The number of hydrogen-bond acceptors (Lipinski definition) is 4. The Bertz CT molecular complexity index is 424. The summed E-state index contributed by atoms with van der Waals surface area (Å²) in [6, 6.07) is 3.83. The van der Waals surface area contributed by atoms with Gasteiger partial charge in [0.2, 0.25) is 0 Å². The monoisotopic (exact) mass is 256 g/mol. The first-order chi connectivity index (χ1) is 7.93. The van der Waals surface area contributed by atoms with Crippen LogP contribution in [0, 0.1) is 5.41 Å². The van der Waals surface area contributed by atoms with E-state index in [1.807, 2.05) is 19.1 Å². The normalized spacial score (nSPS) is 14.1. The van der Waals surface area contributed by atoms with Gasteiger partial charge in [-0.3, -0.25) is 9.59 Å². The van der Waals surface area contributed by atoms with Gasteiger partial charge in [0.15, 0.2) is 5.41 Å². The van der Waals surface area contributed by atoms with Crippen molar-refractivity contribution in [2.24, 2.45) is 5.41 Å². The molecule has 1 atom stereocenters. The van der Waals surface area contributed by atoms with Crippen molar-refractivity contribution in [3.05, 3.63) is 21.9 Å². The zero-order chi connectivity index (χ0) is 13.1. The molecular weight excluding hydrogens is 240 g/mol. The minimum absolute atomic E-state index is 0.166. The molecular formula is C12H16O4S. The molecule has 0 aliphatic heterocycles. The number of thiophene rings is 1. The fourth-order valence-corrected chi connectivity index (χ4v) is 2.63. The Balaban J connectivity index is 2.94. The van der Waals surface area contributed by atoms with Gasteiger partial charge < -0.3 is 9.84 Å². The molecule has 94 valence electrons. The lowest BCUT2D eigenvalue weighted by atomic mass is 9.86. The molecule has 17 heavy (non-hydrogen) atoms. The zero-order valence-corrected chi connectivity index (χ0v) is 11.0. The molecule has 0 aromatic carbocycles. The van der Waals surface area contributed by atoms with Crippen LogP contribution in [0.1, 0.15) is 23.6 Å². The highest BCUT2D eigenvalue weighted by molar-refractivity contribution is 7.12. The number of carbonyl (C=O) groups excluding carboxylic acids is 1. The van der Waals surface area contributed by atoms with Crippen LogP contribution < -0.4 is 0 Å². The Kier molecular flexibility index (Phi) is 4.28. The van der Waals surface area contributed by atoms with E-state index < -0.39 is 17.4 Å². The predicted octanol–water partition coefficient (Wildman–Crippen LogP) is 2.12. The van der Waals surface area contributed by atoms with E-state index >= 15 is 0 Å². The van der Waals surface area contributed by atoms with Gasteiger partial charge in [-0.15, -0.1) is 11.3 Å². The van der Waals surface area contributed by atoms with Gasteiger partial charge in [0, 0.05) is 16.2 Å². The summed E-state index contributed by atoms with van der Waals surface area (Å²) >= 11 is 1.53. The largest absolute Gasteiger partial charge is 0.480 e. The van der Waals surface area contributed by atoms with Gasteiger partial charge in [0.1, 0.15) is 0 Å². The maximum absolute atomic E-state index is 11.6. The van der Waals surface area contributed by atoms with Gasteiger partial charge >= 0.3 is 11.9 Å². The van der Waals surface area contributed by atoms with E-state index in [1.54, 1.807) is 0 Å². The number of aryl methyl sites for hydroxylation is 1. The first-order valence-corrected chi connectivity index (χ1v) is 6.15. The van der Waals surface area contributed by atoms with E-state index in [1.165, 1.54) is 30.2 Å². The maximum atomic E-state index is 11.6. The summed E-state index contributed by atoms with van der Waals surface area (Å²) < 4.78 is 4.57. The molecule has 4 nitrogen and oxygen atoms in total. The first kappa shape index (κ1) is 13.7. The van der Waals surface area contributed by atoms with Gasteiger partial charge in [-0.1, -0.05) is 6.92 Å². The van der Waals surface area contributed by atoms with Crippen molar-refractivity contribution in [1.29, 1.82) is 0 Å². The molecule has 0 saturated heterocycles. The number of methoxy groups -OCH3 is 1. The standard InChI is InChI=1S/C12H16O4S/c1-4-8-5-6-9(17-8)7-12(2,10(13)14)11(15)16-3/h5-6H,4,7H2,1-3H3,(H,13,14). The van der Waals surface area contributed by atoms with Gasteiger partial charge in [-0.2, -0.15) is 0 Å². The fourth-order valence-electron chi connectivity index (χ4n) is 1.52. The zero-order valence-electron chi connectivity index (χ0n) is 10.1. The van der Waals surface area contributed by atoms with Crippen LogP contribution in [0.5, 0.6) is 0 Å². The number of carboxylic acid groups (broad SMARTS) is 1. The third kappa shape index (κ3) is 2.85. The van der Waals surface area contributed by atoms with Crippen LogP contribution in [0.25, 0.3) is 0 Å². The molecule has 0 spiro atoms. The van der Waals surface area contributed by atoms with E-state index in [2.05, 4.69) is 4.74 Å². The van der Waals surface area contributed by atoms with Crippen LogP contribution in [0.2, 0.25) is 0 Å². The summed E-state index contributed by atoms with van der Waals surface area (Å²) in [7, 11) is 1.20. The second-order valence-corrected chi connectivity index (χ2v) is 5.28. The van der Waals surface area contributed by atoms with Crippen molar-refractivity contribution >= 4 is 23.3 Å². The lowest BCUT2D eigenvalue weighted by Gasteiger charge is -2.20. The van der Waals surface area contributed by atoms with Crippen molar-refractivity contribution in [2.75, 3.05) is 7.11 Å². The molecule has 0 radical (unpaired) electrons. The molecule has 0 fully saturated rings. The molecule has 0 saturated carbocycles. The summed E-state index contributed by atoms with van der Waals surface area (Å²) in [5.41, 5.74) is -1.51. The minimum atomic E-state index is -1.51. The molecule has 5 heteroatoms. The number of aliphatic carboxylic acids is 1. The molecule has 1 N–H and O–H groups in total. The highest BCUT2D eigenvalue weighted by atomic mass is 32.1. The number of esters is 1. The molecule has 1 heterocycles. The molecule has 0 aliphatic carbocycles. The summed E-state index contributed by atoms with van der Waals surface area (Å²) in [4.78, 5) is 24.8. The Labute approximate surface area is 104 Å². The first-order valence-electron chi connectivity index (χ1n) is 5.33. The second-order valence-electron chi connectivity index (χ2n) is 4.03. The third-order valence-corrected chi connectivity index (χ3v) is 3.93. The average molecular weight is 256 g/mol. The maximum Gasteiger partial charge on any atom is 0.323 e. The van der Waals surface area contributed by atoms with Gasteiger partial charge in [-0.25, -0.2) is 0 Å². The SMILES string of the molecule is CCc1ccc(CC(C)(C(=O)O)C(=O)OC)s1. The van der Waals surface area contributed by atoms with E-state index in [4.69, 9.17) is 5.11 Å². The summed E-state index contributed by atoms with van der Waals surface area (Å²) in [6.07, 6.45) is 1.08. The lowest BCUT2D eigenvalue weighted by Crippen LogP contribution is -2.39.